The Hall–Kier alpha value is -2.06. The molecule has 8 heteroatoms. The van der Waals surface area contributed by atoms with Gasteiger partial charge in [-0.25, -0.2) is 17.2 Å². The van der Waals surface area contributed by atoms with Crippen molar-refractivity contribution >= 4 is 10.0 Å². The monoisotopic (exact) mass is 380 g/mol. The van der Waals surface area contributed by atoms with E-state index < -0.39 is 26.6 Å². The standard InChI is InChI=1S/C18H18F2N2O3S/c19-16-4-1-5-17(20)18(16)26(23,24)22-12-6-7-13(22)10-15(9-12)25-14-3-2-8-21-11-14/h1-5,8,11-13,15H,6-7,9-10H2. The number of hydrogen-bond donors (Lipinski definition) is 0. The van der Waals surface area contributed by atoms with Crippen LogP contribution in [-0.4, -0.2) is 35.9 Å². The Morgan fingerprint density at radius 3 is 2.27 bits per heavy atom. The summed E-state index contributed by atoms with van der Waals surface area (Å²) >= 11 is 0. The first kappa shape index (κ1) is 17.4. The summed E-state index contributed by atoms with van der Waals surface area (Å²) in [7, 11) is -4.24. The number of rotatable bonds is 4. The van der Waals surface area contributed by atoms with Gasteiger partial charge >= 0.3 is 0 Å². The molecule has 1 aromatic carbocycles. The summed E-state index contributed by atoms with van der Waals surface area (Å²) in [6.45, 7) is 0. The molecular weight excluding hydrogens is 362 g/mol. The lowest BCUT2D eigenvalue weighted by Gasteiger charge is -2.37. The molecular formula is C18H18F2N2O3S. The quantitative estimate of drug-likeness (QED) is 0.818. The third-order valence-electron chi connectivity index (χ3n) is 5.01. The third kappa shape index (κ3) is 2.97. The fraction of sp³-hybridized carbons (Fsp3) is 0.389. The van der Waals surface area contributed by atoms with Gasteiger partial charge in [0.1, 0.15) is 23.5 Å². The number of hydrogen-bond acceptors (Lipinski definition) is 4. The maximum absolute atomic E-state index is 14.1. The first-order chi connectivity index (χ1) is 12.5. The third-order valence-corrected chi connectivity index (χ3v) is 7.07. The number of ether oxygens (including phenoxy) is 1. The molecule has 2 aliphatic rings. The highest BCUT2D eigenvalue weighted by Gasteiger charge is 2.49. The molecule has 138 valence electrons. The molecule has 2 unspecified atom stereocenters. The Balaban J connectivity index is 1.58. The molecule has 0 amide bonds. The van der Waals surface area contributed by atoms with Gasteiger partial charge in [-0.3, -0.25) is 4.98 Å². The van der Waals surface area contributed by atoms with E-state index in [2.05, 4.69) is 4.98 Å². The van der Waals surface area contributed by atoms with E-state index in [1.807, 2.05) is 0 Å². The van der Waals surface area contributed by atoms with E-state index in [1.54, 1.807) is 24.5 Å². The predicted molar refractivity (Wildman–Crippen MR) is 90.1 cm³/mol. The highest BCUT2D eigenvalue weighted by Crippen LogP contribution is 2.41. The Kier molecular flexibility index (Phi) is 4.40. The molecule has 5 nitrogen and oxygen atoms in total. The van der Waals surface area contributed by atoms with E-state index in [-0.39, 0.29) is 18.2 Å². The molecule has 0 N–H and O–H groups in total. The van der Waals surface area contributed by atoms with Crippen molar-refractivity contribution in [1.82, 2.24) is 9.29 Å². The van der Waals surface area contributed by atoms with Gasteiger partial charge < -0.3 is 4.74 Å². The van der Waals surface area contributed by atoms with E-state index in [0.717, 1.165) is 18.2 Å². The summed E-state index contributed by atoms with van der Waals surface area (Å²) < 4.78 is 61.2. The highest BCUT2D eigenvalue weighted by molar-refractivity contribution is 7.89. The Labute approximate surface area is 150 Å². The Morgan fingerprint density at radius 2 is 1.69 bits per heavy atom. The number of benzene rings is 1. The summed E-state index contributed by atoms with van der Waals surface area (Å²) in [5, 5.41) is 0. The second-order valence-corrected chi connectivity index (χ2v) is 8.45. The molecule has 2 fully saturated rings. The van der Waals surface area contributed by atoms with Crippen molar-refractivity contribution in [2.24, 2.45) is 0 Å². The minimum Gasteiger partial charge on any atom is -0.489 e. The van der Waals surface area contributed by atoms with Crippen molar-refractivity contribution in [3.63, 3.8) is 0 Å². The van der Waals surface area contributed by atoms with E-state index in [9.17, 15) is 17.2 Å². The van der Waals surface area contributed by atoms with Crippen molar-refractivity contribution < 1.29 is 21.9 Å². The van der Waals surface area contributed by atoms with Crippen LogP contribution in [0.15, 0.2) is 47.6 Å². The average molecular weight is 380 g/mol. The van der Waals surface area contributed by atoms with Crippen molar-refractivity contribution in [2.45, 2.75) is 48.8 Å². The van der Waals surface area contributed by atoms with Crippen LogP contribution in [-0.2, 0) is 10.0 Å². The van der Waals surface area contributed by atoms with Crippen molar-refractivity contribution in [3.8, 4) is 5.75 Å². The summed E-state index contributed by atoms with van der Waals surface area (Å²) in [6.07, 6.45) is 5.41. The molecule has 2 aliphatic heterocycles. The van der Waals surface area contributed by atoms with E-state index in [4.69, 9.17) is 4.74 Å². The van der Waals surface area contributed by atoms with Gasteiger partial charge in [0.05, 0.1) is 6.20 Å². The first-order valence-corrected chi connectivity index (χ1v) is 9.95. The fourth-order valence-corrected chi connectivity index (χ4v) is 6.02. The van der Waals surface area contributed by atoms with Gasteiger partial charge in [0.2, 0.25) is 10.0 Å². The second-order valence-electron chi connectivity index (χ2n) is 6.67. The normalized spacial score (nSPS) is 26.0. The molecule has 26 heavy (non-hydrogen) atoms. The lowest BCUT2D eigenvalue weighted by atomic mass is 10.0. The van der Waals surface area contributed by atoms with Gasteiger partial charge in [0.15, 0.2) is 4.90 Å². The number of fused-ring (bicyclic) bond motifs is 2. The summed E-state index contributed by atoms with van der Waals surface area (Å²) in [6, 6.07) is 6.02. The van der Waals surface area contributed by atoms with Gasteiger partial charge in [-0.2, -0.15) is 4.31 Å². The number of nitrogens with zero attached hydrogens (tertiary/aromatic N) is 2. The van der Waals surface area contributed by atoms with E-state index in [0.29, 0.717) is 31.4 Å². The van der Waals surface area contributed by atoms with Crippen LogP contribution in [0.5, 0.6) is 5.75 Å². The smallest absolute Gasteiger partial charge is 0.249 e. The Morgan fingerprint density at radius 1 is 1.04 bits per heavy atom. The molecule has 2 aromatic rings. The number of halogens is 2. The fourth-order valence-electron chi connectivity index (χ4n) is 4.02. The van der Waals surface area contributed by atoms with Gasteiger partial charge in [0, 0.05) is 31.1 Å². The molecule has 2 saturated heterocycles. The highest BCUT2D eigenvalue weighted by atomic mass is 32.2. The summed E-state index contributed by atoms with van der Waals surface area (Å²) in [5.41, 5.74) is 0. The predicted octanol–water partition coefficient (Wildman–Crippen LogP) is 3.12. The largest absolute Gasteiger partial charge is 0.489 e. The molecule has 0 aliphatic carbocycles. The molecule has 3 heterocycles. The lowest BCUT2D eigenvalue weighted by Crippen LogP contribution is -2.49. The number of sulfonamides is 1. The van der Waals surface area contributed by atoms with Gasteiger partial charge in [-0.1, -0.05) is 6.07 Å². The molecule has 2 atom stereocenters. The van der Waals surface area contributed by atoms with E-state index >= 15 is 0 Å². The van der Waals surface area contributed by atoms with Crippen molar-refractivity contribution in [1.29, 1.82) is 0 Å². The molecule has 1 aromatic heterocycles. The molecule has 2 bridgehead atoms. The second kappa shape index (κ2) is 6.59. The van der Waals surface area contributed by atoms with Crippen LogP contribution in [0.25, 0.3) is 0 Å². The maximum Gasteiger partial charge on any atom is 0.249 e. The number of aromatic nitrogens is 1. The van der Waals surface area contributed by atoms with Crippen LogP contribution in [0.2, 0.25) is 0 Å². The molecule has 0 radical (unpaired) electrons. The zero-order chi connectivity index (χ0) is 18.3. The van der Waals surface area contributed by atoms with Crippen molar-refractivity contribution in [2.75, 3.05) is 0 Å². The van der Waals surface area contributed by atoms with Crippen LogP contribution in [0.4, 0.5) is 8.78 Å². The minimum atomic E-state index is -4.24. The summed E-state index contributed by atoms with van der Waals surface area (Å²) in [5.74, 6) is -1.48. The van der Waals surface area contributed by atoms with Crippen LogP contribution in [0, 0.1) is 11.6 Å². The van der Waals surface area contributed by atoms with Crippen LogP contribution in [0.1, 0.15) is 25.7 Å². The van der Waals surface area contributed by atoms with Crippen LogP contribution >= 0.6 is 0 Å². The van der Waals surface area contributed by atoms with Gasteiger partial charge in [-0.05, 0) is 37.1 Å². The van der Waals surface area contributed by atoms with Crippen LogP contribution in [0.3, 0.4) is 0 Å². The SMILES string of the molecule is O=S(=O)(c1c(F)cccc1F)N1C2CCC1CC(Oc1cccnc1)C2. The molecule has 0 saturated carbocycles. The maximum atomic E-state index is 14.1. The number of pyridine rings is 1. The van der Waals surface area contributed by atoms with Gasteiger partial charge in [0.25, 0.3) is 0 Å². The average Bonchev–Trinajstić information content (AvgIpc) is 2.88. The zero-order valence-corrected chi connectivity index (χ0v) is 14.7. The minimum absolute atomic E-state index is 0.145. The molecule has 0 spiro atoms. The van der Waals surface area contributed by atoms with Gasteiger partial charge in [-0.15, -0.1) is 0 Å². The number of piperidine rings is 1. The first-order valence-electron chi connectivity index (χ1n) is 8.51. The summed E-state index contributed by atoms with van der Waals surface area (Å²) in [4.78, 5) is 3.14. The Bertz CT molecular complexity index is 874. The topological polar surface area (TPSA) is 59.5 Å². The zero-order valence-electron chi connectivity index (χ0n) is 13.9. The van der Waals surface area contributed by atoms with Crippen molar-refractivity contribution in [3.05, 3.63) is 54.4 Å². The van der Waals surface area contributed by atoms with E-state index in [1.165, 1.54) is 4.31 Å². The molecule has 4 rings (SSSR count). The van der Waals surface area contributed by atoms with Crippen LogP contribution < -0.4 is 4.74 Å². The lowest BCUT2D eigenvalue weighted by molar-refractivity contribution is 0.0951.